The van der Waals surface area contributed by atoms with Crippen LogP contribution in [0.15, 0.2) is 51.8 Å². The quantitative estimate of drug-likeness (QED) is 0.372. The van der Waals surface area contributed by atoms with Gasteiger partial charge in [-0.05, 0) is 67.6 Å². The van der Waals surface area contributed by atoms with Gasteiger partial charge in [-0.25, -0.2) is 8.42 Å². The Labute approximate surface area is 200 Å². The van der Waals surface area contributed by atoms with Crippen LogP contribution in [0.1, 0.15) is 57.3 Å². The van der Waals surface area contributed by atoms with Crippen molar-refractivity contribution in [2.75, 3.05) is 25.0 Å². The average molecular weight is 526 g/mol. The number of rotatable bonds is 12. The molecule has 2 aromatic carbocycles. The SMILES string of the molecule is CCCN(CCC)S(=O)(=O)c1ccc(NC(=O)c2cc(Br)ccc2OCCC(C)C)cc1. The molecule has 32 heavy (non-hydrogen) atoms. The third-order valence-corrected chi connectivity index (χ3v) is 7.24. The number of nitrogens with one attached hydrogen (secondary N) is 1. The zero-order valence-corrected chi connectivity index (χ0v) is 21.6. The lowest BCUT2D eigenvalue weighted by Gasteiger charge is -2.21. The lowest BCUT2D eigenvalue weighted by molar-refractivity contribution is 0.102. The smallest absolute Gasteiger partial charge is 0.259 e. The van der Waals surface area contributed by atoms with Gasteiger partial charge in [0.05, 0.1) is 17.1 Å². The monoisotopic (exact) mass is 524 g/mol. The minimum Gasteiger partial charge on any atom is -0.493 e. The molecule has 0 spiro atoms. The maximum atomic E-state index is 12.9. The summed E-state index contributed by atoms with van der Waals surface area (Å²) in [7, 11) is -3.56. The maximum absolute atomic E-state index is 12.9. The number of carbonyl (C=O) groups excluding carboxylic acids is 1. The molecule has 0 heterocycles. The summed E-state index contributed by atoms with van der Waals surface area (Å²) in [4.78, 5) is 13.1. The predicted molar refractivity (Wildman–Crippen MR) is 133 cm³/mol. The van der Waals surface area contributed by atoms with E-state index in [4.69, 9.17) is 4.74 Å². The molecule has 0 unspecified atom stereocenters. The molecule has 0 aliphatic rings. The summed E-state index contributed by atoms with van der Waals surface area (Å²) in [6.45, 7) is 9.64. The number of amides is 1. The van der Waals surface area contributed by atoms with Gasteiger partial charge in [-0.3, -0.25) is 4.79 Å². The van der Waals surface area contributed by atoms with Crippen LogP contribution in [0.25, 0.3) is 0 Å². The van der Waals surface area contributed by atoms with Gasteiger partial charge in [-0.1, -0.05) is 43.6 Å². The molecule has 0 fully saturated rings. The van der Waals surface area contributed by atoms with Crippen molar-refractivity contribution in [3.8, 4) is 5.75 Å². The Hall–Kier alpha value is -1.90. The van der Waals surface area contributed by atoms with Crippen molar-refractivity contribution in [3.63, 3.8) is 0 Å². The Kier molecular flexibility index (Phi) is 10.2. The summed E-state index contributed by atoms with van der Waals surface area (Å²) in [5.74, 6) is 0.698. The number of sulfonamides is 1. The Morgan fingerprint density at radius 1 is 1.06 bits per heavy atom. The summed E-state index contributed by atoms with van der Waals surface area (Å²) in [6.07, 6.45) is 2.39. The molecule has 2 rings (SSSR count). The van der Waals surface area contributed by atoms with Crippen LogP contribution in [0.3, 0.4) is 0 Å². The molecule has 0 aliphatic carbocycles. The van der Waals surface area contributed by atoms with E-state index in [9.17, 15) is 13.2 Å². The summed E-state index contributed by atoms with van der Waals surface area (Å²) in [5, 5.41) is 2.84. The number of hydrogen-bond acceptors (Lipinski definition) is 4. The van der Waals surface area contributed by atoms with E-state index in [0.29, 0.717) is 42.6 Å². The van der Waals surface area contributed by atoms with Crippen LogP contribution >= 0.6 is 15.9 Å². The summed E-state index contributed by atoms with van der Waals surface area (Å²) in [5.41, 5.74) is 0.927. The van der Waals surface area contributed by atoms with Crippen LogP contribution in [-0.4, -0.2) is 38.3 Å². The molecule has 0 aliphatic heterocycles. The molecule has 0 saturated heterocycles. The summed E-state index contributed by atoms with van der Waals surface area (Å²) < 4.78 is 33.9. The van der Waals surface area contributed by atoms with E-state index in [-0.39, 0.29) is 10.8 Å². The van der Waals surface area contributed by atoms with Gasteiger partial charge in [0.15, 0.2) is 0 Å². The van der Waals surface area contributed by atoms with Gasteiger partial charge in [-0.2, -0.15) is 4.31 Å². The molecule has 176 valence electrons. The predicted octanol–water partition coefficient (Wildman–Crippen LogP) is 5.94. The maximum Gasteiger partial charge on any atom is 0.259 e. The standard InChI is InChI=1S/C24H33BrN2O4S/c1-5-14-27(15-6-2)32(29,30)21-10-8-20(9-11-21)26-24(28)22-17-19(25)7-12-23(22)31-16-13-18(3)4/h7-12,17-18H,5-6,13-16H2,1-4H3,(H,26,28). The van der Waals surface area contributed by atoms with Crippen molar-refractivity contribution in [1.82, 2.24) is 4.31 Å². The van der Waals surface area contributed by atoms with Gasteiger partial charge in [0.1, 0.15) is 5.75 Å². The van der Waals surface area contributed by atoms with E-state index in [1.165, 1.54) is 16.4 Å². The molecule has 6 nitrogen and oxygen atoms in total. The highest BCUT2D eigenvalue weighted by Crippen LogP contribution is 2.26. The first-order chi connectivity index (χ1) is 15.2. The number of carbonyl (C=O) groups is 1. The number of nitrogens with zero attached hydrogens (tertiary/aromatic N) is 1. The first kappa shape index (κ1) is 26.4. The normalized spacial score (nSPS) is 11.7. The number of ether oxygens (including phenoxy) is 1. The van der Waals surface area contributed by atoms with Gasteiger partial charge in [0, 0.05) is 23.2 Å². The topological polar surface area (TPSA) is 75.7 Å². The first-order valence-electron chi connectivity index (χ1n) is 11.0. The molecule has 1 amide bonds. The number of benzene rings is 2. The highest BCUT2D eigenvalue weighted by atomic mass is 79.9. The van der Waals surface area contributed by atoms with Crippen LogP contribution in [-0.2, 0) is 10.0 Å². The van der Waals surface area contributed by atoms with E-state index in [1.54, 1.807) is 24.3 Å². The van der Waals surface area contributed by atoms with E-state index in [0.717, 1.165) is 23.7 Å². The van der Waals surface area contributed by atoms with Gasteiger partial charge in [0.2, 0.25) is 10.0 Å². The van der Waals surface area contributed by atoms with Crippen LogP contribution in [0.2, 0.25) is 0 Å². The fourth-order valence-corrected chi connectivity index (χ4v) is 5.10. The fraction of sp³-hybridized carbons (Fsp3) is 0.458. The molecular formula is C24H33BrN2O4S. The molecule has 2 aromatic rings. The minimum atomic E-state index is -3.56. The Morgan fingerprint density at radius 3 is 2.25 bits per heavy atom. The van der Waals surface area contributed by atoms with E-state index < -0.39 is 10.0 Å². The highest BCUT2D eigenvalue weighted by molar-refractivity contribution is 9.10. The third kappa shape index (κ3) is 7.32. The van der Waals surface area contributed by atoms with E-state index in [2.05, 4.69) is 35.1 Å². The summed E-state index contributed by atoms with van der Waals surface area (Å²) in [6, 6.07) is 11.6. The number of halogens is 1. The second-order valence-electron chi connectivity index (χ2n) is 8.05. The zero-order chi connectivity index (χ0) is 23.7. The van der Waals surface area contributed by atoms with Crippen molar-refractivity contribution in [1.29, 1.82) is 0 Å². The van der Waals surface area contributed by atoms with Crippen molar-refractivity contribution in [3.05, 3.63) is 52.5 Å². The molecule has 0 atom stereocenters. The molecule has 8 heteroatoms. The lowest BCUT2D eigenvalue weighted by Crippen LogP contribution is -2.32. The molecule has 1 N–H and O–H groups in total. The zero-order valence-electron chi connectivity index (χ0n) is 19.2. The third-order valence-electron chi connectivity index (χ3n) is 4.83. The van der Waals surface area contributed by atoms with Gasteiger partial charge >= 0.3 is 0 Å². The Bertz CT molecular complexity index is 986. The lowest BCUT2D eigenvalue weighted by atomic mass is 10.1. The molecule has 0 aromatic heterocycles. The first-order valence-corrected chi connectivity index (χ1v) is 13.3. The average Bonchev–Trinajstić information content (AvgIpc) is 2.74. The van der Waals surface area contributed by atoms with Crippen LogP contribution in [0.5, 0.6) is 5.75 Å². The second-order valence-corrected chi connectivity index (χ2v) is 10.9. The van der Waals surface area contributed by atoms with Crippen LogP contribution < -0.4 is 10.1 Å². The largest absolute Gasteiger partial charge is 0.493 e. The fourth-order valence-electron chi connectivity index (χ4n) is 3.12. The Balaban J connectivity index is 2.17. The van der Waals surface area contributed by atoms with Crippen molar-refractivity contribution in [2.45, 2.75) is 51.9 Å². The van der Waals surface area contributed by atoms with Gasteiger partial charge in [0.25, 0.3) is 5.91 Å². The second kappa shape index (κ2) is 12.4. The van der Waals surface area contributed by atoms with Crippen molar-refractivity contribution >= 4 is 37.5 Å². The molecule has 0 radical (unpaired) electrons. The molecule has 0 bridgehead atoms. The molecule has 0 saturated carbocycles. The summed E-state index contributed by atoms with van der Waals surface area (Å²) >= 11 is 3.40. The van der Waals surface area contributed by atoms with Crippen molar-refractivity contribution < 1.29 is 17.9 Å². The van der Waals surface area contributed by atoms with Crippen LogP contribution in [0.4, 0.5) is 5.69 Å². The van der Waals surface area contributed by atoms with Gasteiger partial charge < -0.3 is 10.1 Å². The van der Waals surface area contributed by atoms with Crippen LogP contribution in [0, 0.1) is 5.92 Å². The van der Waals surface area contributed by atoms with E-state index >= 15 is 0 Å². The van der Waals surface area contributed by atoms with Gasteiger partial charge in [-0.15, -0.1) is 0 Å². The molecular weight excluding hydrogens is 492 g/mol. The Morgan fingerprint density at radius 2 is 1.69 bits per heavy atom. The highest BCUT2D eigenvalue weighted by Gasteiger charge is 2.23. The number of anilines is 1. The minimum absolute atomic E-state index is 0.220. The van der Waals surface area contributed by atoms with Crippen molar-refractivity contribution in [2.24, 2.45) is 5.92 Å². The number of hydrogen-bond donors (Lipinski definition) is 1. The van der Waals surface area contributed by atoms with E-state index in [1.807, 2.05) is 19.9 Å².